The van der Waals surface area contributed by atoms with Crippen LogP contribution in [0.25, 0.3) is 5.69 Å². The molecule has 8 nitrogen and oxygen atoms in total. The molecule has 0 aliphatic heterocycles. The van der Waals surface area contributed by atoms with Gasteiger partial charge in [-0.3, -0.25) is 9.59 Å². The lowest BCUT2D eigenvalue weighted by atomic mass is 10.1. The van der Waals surface area contributed by atoms with Gasteiger partial charge < -0.3 is 15.4 Å². The maximum atomic E-state index is 13.8. The molecule has 33 heavy (non-hydrogen) atoms. The number of nitrogens with one attached hydrogen (secondary N) is 2. The smallest absolute Gasteiger partial charge is 0.273 e. The number of benzene rings is 2. The van der Waals surface area contributed by atoms with Gasteiger partial charge in [0.1, 0.15) is 0 Å². The maximum absolute atomic E-state index is 13.8. The summed E-state index contributed by atoms with van der Waals surface area (Å²) in [6, 6.07) is 13.4. The van der Waals surface area contributed by atoms with Crippen LogP contribution in [0.3, 0.4) is 0 Å². The normalized spacial score (nSPS) is 12.9. The maximum Gasteiger partial charge on any atom is 0.273 e. The van der Waals surface area contributed by atoms with Gasteiger partial charge in [0.05, 0.1) is 18.0 Å². The van der Waals surface area contributed by atoms with Crippen LogP contribution in [0.1, 0.15) is 52.7 Å². The van der Waals surface area contributed by atoms with E-state index in [0.717, 1.165) is 12.8 Å². The third-order valence-electron chi connectivity index (χ3n) is 5.25. The van der Waals surface area contributed by atoms with E-state index in [2.05, 4.69) is 20.9 Å². The van der Waals surface area contributed by atoms with E-state index in [0.29, 0.717) is 36.3 Å². The molecule has 2 aromatic carbocycles. The molecule has 4 rings (SSSR count). The molecule has 1 aromatic heterocycles. The van der Waals surface area contributed by atoms with Crippen molar-refractivity contribution < 1.29 is 18.7 Å². The summed E-state index contributed by atoms with van der Waals surface area (Å²) >= 11 is 0. The molecule has 1 aliphatic rings. The predicted molar refractivity (Wildman–Crippen MR) is 120 cm³/mol. The van der Waals surface area contributed by atoms with E-state index in [1.165, 1.54) is 6.07 Å². The molecule has 0 atom stereocenters. The van der Waals surface area contributed by atoms with Gasteiger partial charge in [-0.1, -0.05) is 17.3 Å². The summed E-state index contributed by atoms with van der Waals surface area (Å²) in [5.41, 5.74) is 2.12. The third-order valence-corrected chi connectivity index (χ3v) is 5.25. The standard InChI is InChI=1S/C24H26FN5O3/c1-2-26-23(31)16-9-13-18(14-10-16)30-20(22(28-29-30)24(32)27-17-11-12-17)7-5-15-33-21-8-4-3-6-19(21)25/h3-4,6,8-10,13-14,17H,2,5,7,11-12,15H2,1H3,(H,26,31)(H,27,32). The summed E-state index contributed by atoms with van der Waals surface area (Å²) < 4.78 is 20.9. The molecule has 3 aromatic rings. The number of nitrogens with zero attached hydrogens (tertiary/aromatic N) is 3. The first kappa shape index (κ1) is 22.4. The van der Waals surface area contributed by atoms with Crippen molar-refractivity contribution in [2.24, 2.45) is 0 Å². The predicted octanol–water partition coefficient (Wildman–Crippen LogP) is 3.06. The molecule has 1 fully saturated rings. The van der Waals surface area contributed by atoms with E-state index in [-0.39, 0.29) is 35.9 Å². The molecule has 1 saturated carbocycles. The molecule has 0 radical (unpaired) electrons. The van der Waals surface area contributed by atoms with Gasteiger partial charge in [-0.2, -0.15) is 0 Å². The van der Waals surface area contributed by atoms with E-state index in [4.69, 9.17) is 4.74 Å². The van der Waals surface area contributed by atoms with Crippen LogP contribution in [0.15, 0.2) is 48.5 Å². The summed E-state index contributed by atoms with van der Waals surface area (Å²) in [5.74, 6) is -0.636. The van der Waals surface area contributed by atoms with Crippen molar-refractivity contribution >= 4 is 11.8 Å². The summed E-state index contributed by atoms with van der Waals surface area (Å²) in [5, 5.41) is 14.0. The number of ether oxygens (including phenoxy) is 1. The van der Waals surface area contributed by atoms with E-state index in [1.807, 2.05) is 6.92 Å². The zero-order valence-electron chi connectivity index (χ0n) is 18.4. The van der Waals surface area contributed by atoms with Crippen LogP contribution >= 0.6 is 0 Å². The number of halogens is 1. The van der Waals surface area contributed by atoms with Gasteiger partial charge >= 0.3 is 0 Å². The van der Waals surface area contributed by atoms with Gasteiger partial charge in [-0.05, 0) is 69.0 Å². The van der Waals surface area contributed by atoms with Crippen LogP contribution in [0.5, 0.6) is 5.75 Å². The van der Waals surface area contributed by atoms with E-state index >= 15 is 0 Å². The molecule has 0 saturated heterocycles. The third kappa shape index (κ3) is 5.54. The fourth-order valence-electron chi connectivity index (χ4n) is 3.39. The van der Waals surface area contributed by atoms with Crippen molar-refractivity contribution in [3.63, 3.8) is 0 Å². The Bertz CT molecular complexity index is 1130. The largest absolute Gasteiger partial charge is 0.491 e. The molecule has 0 spiro atoms. The summed E-state index contributed by atoms with van der Waals surface area (Å²) in [6.45, 7) is 2.67. The first-order valence-electron chi connectivity index (χ1n) is 11.1. The first-order valence-corrected chi connectivity index (χ1v) is 11.1. The lowest BCUT2D eigenvalue weighted by Crippen LogP contribution is -2.27. The average Bonchev–Trinajstić information content (AvgIpc) is 3.53. The van der Waals surface area contributed by atoms with Crippen LogP contribution in [0, 0.1) is 5.82 Å². The van der Waals surface area contributed by atoms with Gasteiger partial charge in [-0.25, -0.2) is 9.07 Å². The molecular weight excluding hydrogens is 425 g/mol. The van der Waals surface area contributed by atoms with Crippen LogP contribution in [-0.2, 0) is 6.42 Å². The van der Waals surface area contributed by atoms with Gasteiger partial charge in [-0.15, -0.1) is 5.10 Å². The van der Waals surface area contributed by atoms with Crippen molar-refractivity contribution in [3.8, 4) is 11.4 Å². The number of hydrogen-bond donors (Lipinski definition) is 2. The second kappa shape index (κ2) is 10.2. The Kier molecular flexibility index (Phi) is 6.97. The molecule has 172 valence electrons. The molecule has 2 N–H and O–H groups in total. The lowest BCUT2D eigenvalue weighted by Gasteiger charge is -2.10. The van der Waals surface area contributed by atoms with Crippen molar-refractivity contribution in [1.82, 2.24) is 25.6 Å². The summed E-state index contributed by atoms with van der Waals surface area (Å²) in [6.07, 6.45) is 2.91. The first-order chi connectivity index (χ1) is 16.1. The van der Waals surface area contributed by atoms with E-state index < -0.39 is 5.82 Å². The Labute approximate surface area is 191 Å². The average molecular weight is 452 g/mol. The lowest BCUT2D eigenvalue weighted by molar-refractivity contribution is 0.0940. The minimum Gasteiger partial charge on any atom is -0.491 e. The molecule has 0 unspecified atom stereocenters. The number of para-hydroxylation sites is 1. The highest BCUT2D eigenvalue weighted by atomic mass is 19.1. The highest BCUT2D eigenvalue weighted by molar-refractivity contribution is 5.94. The van der Waals surface area contributed by atoms with Crippen LogP contribution in [-0.4, -0.2) is 46.0 Å². The Hall–Kier alpha value is -3.75. The number of amides is 2. The highest BCUT2D eigenvalue weighted by Crippen LogP contribution is 2.21. The topological polar surface area (TPSA) is 98.1 Å². The summed E-state index contributed by atoms with van der Waals surface area (Å²) in [7, 11) is 0. The summed E-state index contributed by atoms with van der Waals surface area (Å²) in [4.78, 5) is 24.8. The van der Waals surface area contributed by atoms with Crippen LogP contribution in [0.4, 0.5) is 4.39 Å². The minimum atomic E-state index is -0.416. The number of carbonyl (C=O) groups is 2. The van der Waals surface area contributed by atoms with Crippen LogP contribution < -0.4 is 15.4 Å². The van der Waals surface area contributed by atoms with E-state index in [1.54, 1.807) is 47.1 Å². The fourth-order valence-corrected chi connectivity index (χ4v) is 3.39. The minimum absolute atomic E-state index is 0.155. The molecular formula is C24H26FN5O3. The fraction of sp³-hybridized carbons (Fsp3) is 0.333. The van der Waals surface area contributed by atoms with Crippen molar-refractivity contribution in [3.05, 3.63) is 71.3 Å². The number of rotatable bonds is 10. The number of hydrogen-bond acceptors (Lipinski definition) is 5. The zero-order chi connectivity index (χ0) is 23.2. The van der Waals surface area contributed by atoms with E-state index in [9.17, 15) is 14.0 Å². The molecule has 9 heteroatoms. The monoisotopic (exact) mass is 451 g/mol. The van der Waals surface area contributed by atoms with Gasteiger partial charge in [0.15, 0.2) is 17.3 Å². The van der Waals surface area contributed by atoms with Crippen molar-refractivity contribution in [2.45, 2.75) is 38.6 Å². The zero-order valence-corrected chi connectivity index (χ0v) is 18.4. The second-order valence-electron chi connectivity index (χ2n) is 7.83. The Morgan fingerprint density at radius 2 is 1.88 bits per heavy atom. The molecule has 0 bridgehead atoms. The van der Waals surface area contributed by atoms with Gasteiger partial charge in [0, 0.05) is 18.2 Å². The number of aromatic nitrogens is 3. The SMILES string of the molecule is CCNC(=O)c1ccc(-n2nnc(C(=O)NC3CC3)c2CCCOc2ccccc2F)cc1. The van der Waals surface area contributed by atoms with Crippen LogP contribution in [0.2, 0.25) is 0 Å². The van der Waals surface area contributed by atoms with Crippen molar-refractivity contribution in [2.75, 3.05) is 13.2 Å². The molecule has 1 heterocycles. The Morgan fingerprint density at radius 3 is 2.58 bits per heavy atom. The Balaban J connectivity index is 1.51. The van der Waals surface area contributed by atoms with Crippen molar-refractivity contribution in [1.29, 1.82) is 0 Å². The quantitative estimate of drug-likeness (QED) is 0.462. The van der Waals surface area contributed by atoms with Gasteiger partial charge in [0.25, 0.3) is 11.8 Å². The Morgan fingerprint density at radius 1 is 1.12 bits per heavy atom. The van der Waals surface area contributed by atoms with Gasteiger partial charge in [0.2, 0.25) is 0 Å². The number of carbonyl (C=O) groups excluding carboxylic acids is 2. The second-order valence-corrected chi connectivity index (χ2v) is 7.83. The highest BCUT2D eigenvalue weighted by Gasteiger charge is 2.27. The molecule has 1 aliphatic carbocycles. The molecule has 2 amide bonds.